The van der Waals surface area contributed by atoms with Crippen LogP contribution in [0, 0.1) is 0 Å². The maximum Gasteiger partial charge on any atom is 2.00 e. The van der Waals surface area contributed by atoms with Gasteiger partial charge < -0.3 is 2.85 Å². The largest absolute Gasteiger partial charge is 2.00 e. The Balaban J connectivity index is 0. The standard InChI is InChI=1S/C6H5N3.Ba.2H/c1-2-4-6-5(3-1)7-9-8-6;;;/h1-4H,(H,7,8,9);;;/q;+2;2*-1. The van der Waals surface area contributed by atoms with Gasteiger partial charge in [-0.05, 0) is 12.1 Å². The Morgan fingerprint density at radius 3 is 2.10 bits per heavy atom. The number of aromatic nitrogens is 3. The number of nitrogens with one attached hydrogen (secondary N) is 1. The van der Waals surface area contributed by atoms with Crippen molar-refractivity contribution in [2.45, 2.75) is 0 Å². The maximum absolute atomic E-state index is 3.88. The molecule has 2 aromatic rings. The van der Waals surface area contributed by atoms with Crippen molar-refractivity contribution in [3.05, 3.63) is 24.3 Å². The van der Waals surface area contributed by atoms with Crippen LogP contribution in [0.15, 0.2) is 24.3 Å². The zero-order valence-corrected chi connectivity index (χ0v) is 9.85. The molecular formula is C6H7BaN3. The van der Waals surface area contributed by atoms with Gasteiger partial charge >= 0.3 is 48.9 Å². The first-order valence-electron chi connectivity index (χ1n) is 2.72. The molecule has 1 aromatic heterocycles. The number of H-pyrrole nitrogens is 1. The van der Waals surface area contributed by atoms with Crippen LogP contribution in [-0.4, -0.2) is 64.3 Å². The Hall–Kier alpha value is 0.191. The molecular weight excluding hydrogens is 251 g/mol. The van der Waals surface area contributed by atoms with Crippen LogP contribution in [-0.2, 0) is 0 Å². The van der Waals surface area contributed by atoms with Crippen molar-refractivity contribution in [1.29, 1.82) is 0 Å². The third-order valence-electron chi connectivity index (χ3n) is 1.22. The van der Waals surface area contributed by atoms with Gasteiger partial charge in [0.15, 0.2) is 0 Å². The summed E-state index contributed by atoms with van der Waals surface area (Å²) in [6, 6.07) is 7.70. The van der Waals surface area contributed by atoms with Gasteiger partial charge in [-0.25, -0.2) is 0 Å². The van der Waals surface area contributed by atoms with E-state index in [9.17, 15) is 0 Å². The molecule has 0 radical (unpaired) electrons. The van der Waals surface area contributed by atoms with Crippen molar-refractivity contribution in [2.24, 2.45) is 0 Å². The van der Waals surface area contributed by atoms with Crippen molar-refractivity contribution in [3.63, 3.8) is 0 Å². The summed E-state index contributed by atoms with van der Waals surface area (Å²) in [6.45, 7) is 0. The number of benzene rings is 1. The summed E-state index contributed by atoms with van der Waals surface area (Å²) in [5, 5.41) is 10.3. The minimum Gasteiger partial charge on any atom is -1.00 e. The summed E-state index contributed by atoms with van der Waals surface area (Å²) in [6.07, 6.45) is 0. The van der Waals surface area contributed by atoms with E-state index in [0.717, 1.165) is 11.0 Å². The molecule has 0 amide bonds. The molecule has 0 aliphatic carbocycles. The van der Waals surface area contributed by atoms with Crippen LogP contribution >= 0.6 is 0 Å². The number of rotatable bonds is 0. The average Bonchev–Trinajstić information content (AvgIpc) is 2.33. The van der Waals surface area contributed by atoms with Crippen molar-refractivity contribution in [2.75, 3.05) is 0 Å². The van der Waals surface area contributed by atoms with Crippen molar-refractivity contribution >= 4 is 59.9 Å². The molecule has 0 atom stereocenters. The van der Waals surface area contributed by atoms with Gasteiger partial charge in [0, 0.05) is 0 Å². The summed E-state index contributed by atoms with van der Waals surface area (Å²) in [5.74, 6) is 0. The van der Waals surface area contributed by atoms with Gasteiger partial charge in [-0.1, -0.05) is 12.1 Å². The molecule has 0 aliphatic rings. The first-order chi connectivity index (χ1) is 4.47. The summed E-state index contributed by atoms with van der Waals surface area (Å²) < 4.78 is 0. The van der Waals surface area contributed by atoms with Crippen LogP contribution in [0.4, 0.5) is 0 Å². The number of fused-ring (bicyclic) bond motifs is 1. The van der Waals surface area contributed by atoms with E-state index in [-0.39, 0.29) is 51.7 Å². The Bertz CT molecular complexity index is 295. The van der Waals surface area contributed by atoms with Gasteiger partial charge in [0.2, 0.25) is 0 Å². The molecule has 0 bridgehead atoms. The van der Waals surface area contributed by atoms with Gasteiger partial charge in [0.05, 0.1) is 0 Å². The second kappa shape index (κ2) is 3.54. The van der Waals surface area contributed by atoms with E-state index in [1.165, 1.54) is 0 Å². The Morgan fingerprint density at radius 1 is 1.10 bits per heavy atom. The monoisotopic (exact) mass is 259 g/mol. The summed E-state index contributed by atoms with van der Waals surface area (Å²) in [4.78, 5) is 0. The summed E-state index contributed by atoms with van der Waals surface area (Å²) in [5.41, 5.74) is 1.83. The van der Waals surface area contributed by atoms with Crippen molar-refractivity contribution < 1.29 is 2.85 Å². The third kappa shape index (κ3) is 1.43. The number of nitrogens with zero attached hydrogens (tertiary/aromatic N) is 2. The van der Waals surface area contributed by atoms with Crippen molar-refractivity contribution in [1.82, 2.24) is 15.4 Å². The molecule has 0 saturated heterocycles. The zero-order valence-electron chi connectivity index (χ0n) is 7.41. The second-order valence-corrected chi connectivity index (χ2v) is 1.81. The van der Waals surface area contributed by atoms with Crippen molar-refractivity contribution in [3.8, 4) is 0 Å². The van der Waals surface area contributed by atoms with E-state index in [2.05, 4.69) is 15.4 Å². The molecule has 4 heteroatoms. The molecule has 3 nitrogen and oxygen atoms in total. The number of hydrogen-bond acceptors (Lipinski definition) is 2. The van der Waals surface area contributed by atoms with Crippen LogP contribution < -0.4 is 0 Å². The van der Waals surface area contributed by atoms with E-state index in [0.29, 0.717) is 0 Å². The minimum atomic E-state index is 0. The molecule has 10 heavy (non-hydrogen) atoms. The molecule has 1 aromatic carbocycles. The molecule has 0 aliphatic heterocycles. The van der Waals surface area contributed by atoms with E-state index in [1.54, 1.807) is 0 Å². The van der Waals surface area contributed by atoms with Gasteiger partial charge in [0.25, 0.3) is 0 Å². The third-order valence-corrected chi connectivity index (χ3v) is 1.22. The number of para-hydroxylation sites is 2. The number of aromatic amines is 1. The first-order valence-corrected chi connectivity index (χ1v) is 2.72. The van der Waals surface area contributed by atoms with E-state index in [1.807, 2.05) is 24.3 Å². The normalized spacial score (nSPS) is 9.20. The molecule has 1 heterocycles. The molecule has 2 rings (SSSR count). The average molecular weight is 258 g/mol. The van der Waals surface area contributed by atoms with Gasteiger partial charge in [-0.2, -0.15) is 15.4 Å². The second-order valence-electron chi connectivity index (χ2n) is 1.81. The molecule has 0 saturated carbocycles. The van der Waals surface area contributed by atoms with E-state index in [4.69, 9.17) is 0 Å². The Morgan fingerprint density at radius 2 is 1.60 bits per heavy atom. The van der Waals surface area contributed by atoms with Gasteiger partial charge in [-0.3, -0.25) is 0 Å². The van der Waals surface area contributed by atoms with Crippen LogP contribution in [0.2, 0.25) is 0 Å². The van der Waals surface area contributed by atoms with E-state index >= 15 is 0 Å². The predicted molar refractivity (Wildman–Crippen MR) is 41.9 cm³/mol. The fraction of sp³-hybridized carbons (Fsp3) is 0. The SMILES string of the molecule is [Ba+2].[H-].[H-].c1ccc2n[nH]nc2c1. The van der Waals surface area contributed by atoms with Crippen LogP contribution in [0.1, 0.15) is 2.85 Å². The fourth-order valence-corrected chi connectivity index (χ4v) is 0.786. The molecule has 48 valence electrons. The quantitative estimate of drug-likeness (QED) is 0.710. The molecule has 0 fully saturated rings. The summed E-state index contributed by atoms with van der Waals surface area (Å²) in [7, 11) is 0. The van der Waals surface area contributed by atoms with Crippen LogP contribution in [0.3, 0.4) is 0 Å². The Kier molecular flexibility index (Phi) is 2.94. The minimum absolute atomic E-state index is 0. The first kappa shape index (κ1) is 8.29. The zero-order chi connectivity index (χ0) is 6.10. The van der Waals surface area contributed by atoms with Crippen LogP contribution in [0.5, 0.6) is 0 Å². The van der Waals surface area contributed by atoms with Crippen LogP contribution in [0.25, 0.3) is 11.0 Å². The molecule has 0 unspecified atom stereocenters. The smallest absolute Gasteiger partial charge is 1.00 e. The maximum atomic E-state index is 3.88. The Labute approximate surface area is 101 Å². The van der Waals surface area contributed by atoms with Gasteiger partial charge in [0.1, 0.15) is 11.0 Å². The van der Waals surface area contributed by atoms with E-state index < -0.39 is 0 Å². The van der Waals surface area contributed by atoms with Gasteiger partial charge in [-0.15, -0.1) is 0 Å². The summed E-state index contributed by atoms with van der Waals surface area (Å²) >= 11 is 0. The predicted octanol–water partition coefficient (Wildman–Crippen LogP) is 0.802. The topological polar surface area (TPSA) is 41.6 Å². The fourth-order valence-electron chi connectivity index (χ4n) is 0.786. The molecule has 0 spiro atoms. The molecule has 1 N–H and O–H groups in total. The number of hydrogen-bond donors (Lipinski definition) is 1.